The molecule has 1 aromatic heterocycles. The number of nitrogens with zero attached hydrogens (tertiary/aromatic N) is 4. The summed E-state index contributed by atoms with van der Waals surface area (Å²) >= 11 is 0. The minimum Gasteiger partial charge on any atom is -0.469 e. The highest BCUT2D eigenvalue weighted by atomic mass is 127. The van der Waals surface area contributed by atoms with E-state index in [0.717, 1.165) is 4.68 Å². The first-order valence-corrected chi connectivity index (χ1v) is 8.38. The third-order valence-electron chi connectivity index (χ3n) is 4.32. The van der Waals surface area contributed by atoms with E-state index in [9.17, 15) is 18.0 Å². The number of ether oxygens (including phenoxy) is 1. The Morgan fingerprint density at radius 1 is 1.44 bits per heavy atom. The SMILES string of the molecule is CCNC(=NCc1cn(C)nc1C(F)(F)F)N1CC(C)C(C(=O)OC)C1.I. The molecule has 7 nitrogen and oxygen atoms in total. The van der Waals surface area contributed by atoms with Gasteiger partial charge in [-0.05, 0) is 12.8 Å². The third-order valence-corrected chi connectivity index (χ3v) is 4.32. The number of methoxy groups -OCH3 is 1. The van der Waals surface area contributed by atoms with Gasteiger partial charge < -0.3 is 15.0 Å². The Labute approximate surface area is 173 Å². The third kappa shape index (κ3) is 5.72. The zero-order valence-corrected chi connectivity index (χ0v) is 18.0. The van der Waals surface area contributed by atoms with Crippen molar-refractivity contribution in [3.05, 3.63) is 17.5 Å². The zero-order valence-electron chi connectivity index (χ0n) is 15.7. The fraction of sp³-hybridized carbons (Fsp3) is 0.688. The second-order valence-electron chi connectivity index (χ2n) is 6.36. The molecule has 1 saturated heterocycles. The number of aliphatic imine (C=N–C) groups is 1. The van der Waals surface area contributed by atoms with Gasteiger partial charge in [-0.25, -0.2) is 4.99 Å². The number of carbonyl (C=O) groups is 1. The number of aryl methyl sites for hydroxylation is 1. The summed E-state index contributed by atoms with van der Waals surface area (Å²) in [5, 5.41) is 6.56. The van der Waals surface area contributed by atoms with Crippen LogP contribution in [0.15, 0.2) is 11.2 Å². The molecule has 2 atom stereocenters. The maximum absolute atomic E-state index is 13.1. The van der Waals surface area contributed by atoms with Gasteiger partial charge in [0.2, 0.25) is 0 Å². The first kappa shape index (κ1) is 23.5. The Balaban J connectivity index is 0.00000364. The van der Waals surface area contributed by atoms with Crippen LogP contribution in [-0.4, -0.2) is 53.4 Å². The monoisotopic (exact) mass is 503 g/mol. The maximum Gasteiger partial charge on any atom is 0.435 e. The molecule has 0 saturated carbocycles. The predicted molar refractivity (Wildman–Crippen MR) is 105 cm³/mol. The summed E-state index contributed by atoms with van der Waals surface area (Å²) in [7, 11) is 2.79. The number of carbonyl (C=O) groups excluding carboxylic acids is 1. The van der Waals surface area contributed by atoms with Gasteiger partial charge in [0.05, 0.1) is 19.6 Å². The van der Waals surface area contributed by atoms with Crippen LogP contribution in [0.5, 0.6) is 0 Å². The van der Waals surface area contributed by atoms with E-state index in [1.807, 2.05) is 18.7 Å². The largest absolute Gasteiger partial charge is 0.469 e. The number of halogens is 4. The summed E-state index contributed by atoms with van der Waals surface area (Å²) in [5.74, 6) is -0.0337. The average molecular weight is 503 g/mol. The minimum absolute atomic E-state index is 0. The van der Waals surface area contributed by atoms with Crippen molar-refractivity contribution in [2.24, 2.45) is 23.9 Å². The lowest BCUT2D eigenvalue weighted by atomic mass is 9.99. The summed E-state index contributed by atoms with van der Waals surface area (Å²) in [5.41, 5.74) is -0.922. The van der Waals surface area contributed by atoms with Crippen molar-refractivity contribution >= 4 is 35.9 Å². The van der Waals surface area contributed by atoms with Crippen LogP contribution in [0.2, 0.25) is 0 Å². The first-order valence-electron chi connectivity index (χ1n) is 8.38. The van der Waals surface area contributed by atoms with Gasteiger partial charge in [-0.15, -0.1) is 24.0 Å². The smallest absolute Gasteiger partial charge is 0.435 e. The molecule has 1 fully saturated rings. The van der Waals surface area contributed by atoms with E-state index in [2.05, 4.69) is 15.4 Å². The van der Waals surface area contributed by atoms with Crippen LogP contribution in [0.4, 0.5) is 13.2 Å². The fourth-order valence-corrected chi connectivity index (χ4v) is 3.08. The molecule has 0 radical (unpaired) electrons. The molecule has 0 amide bonds. The Morgan fingerprint density at radius 2 is 2.11 bits per heavy atom. The lowest BCUT2D eigenvalue weighted by Crippen LogP contribution is -2.40. The molecule has 0 bridgehead atoms. The zero-order chi connectivity index (χ0) is 19.5. The van der Waals surface area contributed by atoms with E-state index in [1.54, 1.807) is 0 Å². The maximum atomic E-state index is 13.1. The number of esters is 1. The van der Waals surface area contributed by atoms with Crippen LogP contribution in [0, 0.1) is 11.8 Å². The Bertz CT molecular complexity index is 678. The van der Waals surface area contributed by atoms with E-state index in [4.69, 9.17) is 4.74 Å². The highest BCUT2D eigenvalue weighted by Gasteiger charge is 2.38. The van der Waals surface area contributed by atoms with E-state index in [0.29, 0.717) is 25.6 Å². The lowest BCUT2D eigenvalue weighted by Gasteiger charge is -2.21. The first-order chi connectivity index (χ1) is 12.2. The number of hydrogen-bond acceptors (Lipinski definition) is 4. The molecule has 1 aromatic rings. The number of alkyl halides is 3. The molecule has 27 heavy (non-hydrogen) atoms. The molecule has 2 heterocycles. The van der Waals surface area contributed by atoms with Gasteiger partial charge in [-0.1, -0.05) is 6.92 Å². The number of nitrogens with one attached hydrogen (secondary N) is 1. The molecule has 0 aromatic carbocycles. The quantitative estimate of drug-likeness (QED) is 0.296. The Kier molecular flexibility index (Phi) is 8.36. The van der Waals surface area contributed by atoms with Crippen molar-refractivity contribution in [1.29, 1.82) is 0 Å². The molecule has 0 aliphatic carbocycles. The second kappa shape index (κ2) is 9.60. The van der Waals surface area contributed by atoms with E-state index < -0.39 is 11.9 Å². The van der Waals surface area contributed by atoms with Gasteiger partial charge in [0.15, 0.2) is 11.7 Å². The second-order valence-corrected chi connectivity index (χ2v) is 6.36. The van der Waals surface area contributed by atoms with E-state index >= 15 is 0 Å². The fourth-order valence-electron chi connectivity index (χ4n) is 3.08. The average Bonchev–Trinajstić information content (AvgIpc) is 3.13. The summed E-state index contributed by atoms with van der Waals surface area (Å²) in [6, 6.07) is 0. The summed E-state index contributed by atoms with van der Waals surface area (Å²) in [6.45, 7) is 5.21. The van der Waals surface area contributed by atoms with Crippen LogP contribution in [0.3, 0.4) is 0 Å². The summed E-state index contributed by atoms with van der Waals surface area (Å²) in [4.78, 5) is 18.1. The van der Waals surface area contributed by atoms with Gasteiger partial charge in [0.1, 0.15) is 0 Å². The summed E-state index contributed by atoms with van der Waals surface area (Å²) < 4.78 is 45.1. The van der Waals surface area contributed by atoms with Gasteiger partial charge in [-0.2, -0.15) is 18.3 Å². The van der Waals surface area contributed by atoms with Crippen molar-refractivity contribution in [2.75, 3.05) is 26.7 Å². The lowest BCUT2D eigenvalue weighted by molar-refractivity contribution is -0.146. The van der Waals surface area contributed by atoms with Crippen LogP contribution < -0.4 is 5.32 Å². The number of guanidine groups is 1. The van der Waals surface area contributed by atoms with Crippen LogP contribution in [0.25, 0.3) is 0 Å². The molecule has 1 N–H and O–H groups in total. The van der Waals surface area contributed by atoms with Gasteiger partial charge in [-0.3, -0.25) is 9.48 Å². The number of aromatic nitrogens is 2. The van der Waals surface area contributed by atoms with Gasteiger partial charge >= 0.3 is 12.1 Å². The van der Waals surface area contributed by atoms with Crippen molar-refractivity contribution in [1.82, 2.24) is 20.0 Å². The molecule has 1 aliphatic heterocycles. The molecule has 0 spiro atoms. The Hall–Kier alpha value is -1.53. The van der Waals surface area contributed by atoms with Crippen LogP contribution in [-0.2, 0) is 29.3 Å². The number of likely N-dealkylation sites (tertiary alicyclic amines) is 1. The molecule has 1 aliphatic rings. The number of hydrogen-bond donors (Lipinski definition) is 1. The normalized spacial score (nSPS) is 20.4. The van der Waals surface area contributed by atoms with Crippen molar-refractivity contribution in [3.63, 3.8) is 0 Å². The van der Waals surface area contributed by atoms with Crippen molar-refractivity contribution in [2.45, 2.75) is 26.6 Å². The molecular weight excluding hydrogens is 478 g/mol. The van der Waals surface area contributed by atoms with Crippen molar-refractivity contribution in [3.8, 4) is 0 Å². The predicted octanol–water partition coefficient (Wildman–Crippen LogP) is 2.26. The molecular formula is C16H25F3IN5O2. The van der Waals surface area contributed by atoms with Gasteiger partial charge in [0.25, 0.3) is 0 Å². The standard InChI is InChI=1S/C16H24F3N5O2.HI/c1-5-20-15(24-7-10(2)12(9-24)14(25)26-4)21-6-11-8-23(3)22-13(11)16(17,18)19;/h8,10,12H,5-7,9H2,1-4H3,(H,20,21);1H. The van der Waals surface area contributed by atoms with Crippen LogP contribution in [0.1, 0.15) is 25.1 Å². The van der Waals surface area contributed by atoms with Gasteiger partial charge in [0, 0.05) is 38.4 Å². The highest BCUT2D eigenvalue weighted by Crippen LogP contribution is 2.31. The van der Waals surface area contributed by atoms with E-state index in [-0.39, 0.29) is 53.9 Å². The topological polar surface area (TPSA) is 71.8 Å². The summed E-state index contributed by atoms with van der Waals surface area (Å²) in [6.07, 6.45) is -3.21. The molecule has 154 valence electrons. The molecule has 11 heteroatoms. The Morgan fingerprint density at radius 3 is 2.67 bits per heavy atom. The highest BCUT2D eigenvalue weighted by molar-refractivity contribution is 14.0. The molecule has 2 rings (SSSR count). The minimum atomic E-state index is -4.53. The molecule has 2 unspecified atom stereocenters. The van der Waals surface area contributed by atoms with Crippen molar-refractivity contribution < 1.29 is 22.7 Å². The van der Waals surface area contributed by atoms with Crippen LogP contribution >= 0.6 is 24.0 Å². The number of rotatable bonds is 4. The van der Waals surface area contributed by atoms with E-state index in [1.165, 1.54) is 20.4 Å².